The number of hydrogen-bond acceptors (Lipinski definition) is 6. The van der Waals surface area contributed by atoms with Gasteiger partial charge in [0, 0.05) is 18.5 Å². The van der Waals surface area contributed by atoms with Gasteiger partial charge in [0.25, 0.3) is 0 Å². The average molecular weight is 593 g/mol. The summed E-state index contributed by atoms with van der Waals surface area (Å²) in [7, 11) is -3.79. The number of amides is 3. The van der Waals surface area contributed by atoms with Crippen LogP contribution in [0, 0.1) is 5.41 Å². The van der Waals surface area contributed by atoms with Crippen molar-refractivity contribution in [3.63, 3.8) is 0 Å². The Morgan fingerprint density at radius 3 is 2.12 bits per heavy atom. The maximum absolute atomic E-state index is 13.5. The summed E-state index contributed by atoms with van der Waals surface area (Å²) in [6, 6.07) is 21.4. The van der Waals surface area contributed by atoms with Crippen LogP contribution in [-0.2, 0) is 37.4 Å². The Bertz CT molecular complexity index is 1510. The first-order chi connectivity index (χ1) is 20.0. The lowest BCUT2D eigenvalue weighted by Crippen LogP contribution is -2.54. The molecule has 3 rings (SSSR count). The van der Waals surface area contributed by atoms with E-state index in [9.17, 15) is 22.8 Å². The fourth-order valence-electron chi connectivity index (χ4n) is 4.17. The highest BCUT2D eigenvalue weighted by Gasteiger charge is 2.29. The van der Waals surface area contributed by atoms with E-state index < -0.39 is 39.8 Å². The second-order valence-electron chi connectivity index (χ2n) is 9.74. The zero-order valence-corrected chi connectivity index (χ0v) is 24.1. The second-order valence-corrected chi connectivity index (χ2v) is 11.8. The number of carbonyl (C=O) groups is 3. The minimum atomic E-state index is -3.79. The van der Waals surface area contributed by atoms with Gasteiger partial charge in [-0.25, -0.2) is 13.1 Å². The Morgan fingerprint density at radius 1 is 0.833 bits per heavy atom. The number of nitrogens with one attached hydrogen (secondary N) is 4. The van der Waals surface area contributed by atoms with Gasteiger partial charge in [-0.3, -0.25) is 19.8 Å². The van der Waals surface area contributed by atoms with Gasteiger partial charge in [0.2, 0.25) is 27.7 Å². The summed E-state index contributed by atoms with van der Waals surface area (Å²) in [5.74, 6) is -2.26. The molecule has 3 aromatic rings. The van der Waals surface area contributed by atoms with Crippen LogP contribution in [0.5, 0.6) is 0 Å². The van der Waals surface area contributed by atoms with E-state index in [4.69, 9.17) is 16.9 Å². The molecule has 0 aromatic heterocycles. The average Bonchev–Trinajstić information content (AvgIpc) is 2.98. The molecule has 0 fully saturated rings. The molecule has 0 unspecified atom stereocenters. The maximum Gasteiger partial charge on any atom is 0.242 e. The van der Waals surface area contributed by atoms with Gasteiger partial charge < -0.3 is 22.1 Å². The van der Waals surface area contributed by atoms with Crippen molar-refractivity contribution >= 4 is 33.6 Å². The van der Waals surface area contributed by atoms with E-state index in [0.29, 0.717) is 11.1 Å². The zero-order valence-electron chi connectivity index (χ0n) is 23.3. The predicted octanol–water partition coefficient (Wildman–Crippen LogP) is 1.55. The van der Waals surface area contributed by atoms with Crippen molar-refractivity contribution in [1.82, 2.24) is 15.4 Å². The maximum atomic E-state index is 13.5. The molecule has 3 aromatic carbocycles. The molecular formula is C30H36N6O5S. The van der Waals surface area contributed by atoms with E-state index in [0.717, 1.165) is 16.7 Å². The van der Waals surface area contributed by atoms with Gasteiger partial charge in [-0.15, -0.1) is 0 Å². The number of amidine groups is 1. The van der Waals surface area contributed by atoms with Crippen LogP contribution in [0.1, 0.15) is 36.5 Å². The summed E-state index contributed by atoms with van der Waals surface area (Å²) in [4.78, 5) is 38.0. The molecule has 0 radical (unpaired) electrons. The van der Waals surface area contributed by atoms with Crippen LogP contribution in [-0.4, -0.2) is 49.8 Å². The van der Waals surface area contributed by atoms with Gasteiger partial charge >= 0.3 is 0 Å². The number of hydrogen-bond donors (Lipinski definition) is 6. The third kappa shape index (κ3) is 9.82. The summed E-state index contributed by atoms with van der Waals surface area (Å²) in [6.45, 7) is 1.57. The van der Waals surface area contributed by atoms with E-state index in [1.165, 1.54) is 6.92 Å². The van der Waals surface area contributed by atoms with Gasteiger partial charge in [-0.1, -0.05) is 78.9 Å². The Morgan fingerprint density at radius 2 is 1.50 bits per heavy atom. The first-order valence-electron chi connectivity index (χ1n) is 13.4. The van der Waals surface area contributed by atoms with Gasteiger partial charge in [0.1, 0.15) is 17.9 Å². The predicted molar refractivity (Wildman–Crippen MR) is 162 cm³/mol. The van der Waals surface area contributed by atoms with Crippen molar-refractivity contribution in [2.45, 2.75) is 44.8 Å². The Hall–Kier alpha value is -4.55. The lowest BCUT2D eigenvalue weighted by Gasteiger charge is -2.23. The van der Waals surface area contributed by atoms with Crippen molar-refractivity contribution in [3.05, 3.63) is 95.6 Å². The minimum absolute atomic E-state index is 0.0262. The molecule has 0 aliphatic rings. The molecule has 0 saturated heterocycles. The Kier molecular flexibility index (Phi) is 11.3. The van der Waals surface area contributed by atoms with Crippen LogP contribution >= 0.6 is 0 Å². The summed E-state index contributed by atoms with van der Waals surface area (Å²) >= 11 is 0. The first-order valence-corrected chi connectivity index (χ1v) is 15.1. The van der Waals surface area contributed by atoms with Gasteiger partial charge in [0.05, 0.1) is 5.75 Å². The van der Waals surface area contributed by atoms with E-state index >= 15 is 0 Å². The van der Waals surface area contributed by atoms with E-state index in [1.807, 2.05) is 48.5 Å². The third-order valence-electron chi connectivity index (χ3n) is 6.54. The molecule has 0 bridgehead atoms. The van der Waals surface area contributed by atoms with Crippen LogP contribution in [0.15, 0.2) is 78.9 Å². The van der Waals surface area contributed by atoms with Crippen molar-refractivity contribution < 1.29 is 22.8 Å². The molecule has 0 aliphatic carbocycles. The number of sulfonamides is 1. The lowest BCUT2D eigenvalue weighted by molar-refractivity contribution is -0.130. The van der Waals surface area contributed by atoms with Crippen molar-refractivity contribution in [2.24, 2.45) is 11.5 Å². The summed E-state index contributed by atoms with van der Waals surface area (Å²) in [5, 5.41) is 12.8. The van der Waals surface area contributed by atoms with E-state index in [2.05, 4.69) is 15.4 Å². The molecule has 0 heterocycles. The van der Waals surface area contributed by atoms with E-state index in [1.54, 1.807) is 30.3 Å². The fraction of sp³-hybridized carbons (Fsp3) is 0.267. The number of nitrogens with two attached hydrogens (primary N) is 2. The van der Waals surface area contributed by atoms with Crippen LogP contribution in [0.3, 0.4) is 0 Å². The number of primary amides is 1. The topological polar surface area (TPSA) is 197 Å². The smallest absolute Gasteiger partial charge is 0.242 e. The summed E-state index contributed by atoms with van der Waals surface area (Å²) in [5.41, 5.74) is 14.6. The van der Waals surface area contributed by atoms with E-state index in [-0.39, 0.29) is 37.4 Å². The van der Waals surface area contributed by atoms with Crippen molar-refractivity contribution in [1.29, 1.82) is 5.41 Å². The summed E-state index contributed by atoms with van der Waals surface area (Å²) in [6.07, 6.45) is -0.221. The molecule has 0 spiro atoms. The zero-order chi connectivity index (χ0) is 30.7. The number of rotatable bonds is 15. The van der Waals surface area contributed by atoms with Gasteiger partial charge in [0.15, 0.2) is 0 Å². The lowest BCUT2D eigenvalue weighted by atomic mass is 9.99. The monoisotopic (exact) mass is 592 g/mol. The molecule has 0 aliphatic heterocycles. The second kappa shape index (κ2) is 14.9. The SMILES string of the molecule is CCS(=O)(=O)N[C@H](Cc1cccc(-c2ccccc2)c1)C(=O)N[C@@H](CCC(N)=O)C(=O)NCc1ccc(C(=N)N)cc1. The van der Waals surface area contributed by atoms with Crippen molar-refractivity contribution in [2.75, 3.05) is 5.75 Å². The number of nitrogen functional groups attached to an aromatic ring is 1. The Balaban J connectivity index is 1.78. The standard InChI is InChI=1S/C30H36N6O5S/c1-2-42(40,41)36-26(18-21-7-6-10-24(17-21)22-8-4-3-5-9-22)30(39)35-25(15-16-27(31)37)29(38)34-19-20-11-13-23(14-12-20)28(32)33/h3-14,17,25-26,36H,2,15-16,18-19H2,1H3,(H2,31,37)(H3,32,33)(H,34,38)(H,35,39)/t25-,26+/m0/s1. The largest absolute Gasteiger partial charge is 0.384 e. The molecule has 12 heteroatoms. The highest BCUT2D eigenvalue weighted by atomic mass is 32.2. The molecule has 222 valence electrons. The molecule has 3 amide bonds. The molecule has 2 atom stereocenters. The molecule has 42 heavy (non-hydrogen) atoms. The summed E-state index contributed by atoms with van der Waals surface area (Å²) < 4.78 is 27.4. The Labute approximate surface area is 245 Å². The molecule has 8 N–H and O–H groups in total. The van der Waals surface area contributed by atoms with Gasteiger partial charge in [-0.05, 0) is 42.0 Å². The van der Waals surface area contributed by atoms with Crippen molar-refractivity contribution in [3.8, 4) is 11.1 Å². The molecule has 0 saturated carbocycles. The normalized spacial score (nSPS) is 12.6. The number of carbonyl (C=O) groups excluding carboxylic acids is 3. The third-order valence-corrected chi connectivity index (χ3v) is 7.94. The molecular weight excluding hydrogens is 556 g/mol. The van der Waals surface area contributed by atoms with Gasteiger partial charge in [-0.2, -0.15) is 0 Å². The van der Waals surface area contributed by atoms with Crippen LogP contribution in [0.2, 0.25) is 0 Å². The number of benzene rings is 3. The first kappa shape index (κ1) is 32.0. The highest BCUT2D eigenvalue weighted by molar-refractivity contribution is 7.89. The van der Waals surface area contributed by atoms with Crippen LogP contribution in [0.4, 0.5) is 0 Å². The minimum Gasteiger partial charge on any atom is -0.384 e. The van der Waals surface area contributed by atoms with Crippen LogP contribution in [0.25, 0.3) is 11.1 Å². The molecule has 11 nitrogen and oxygen atoms in total. The quantitative estimate of drug-likeness (QED) is 0.114. The highest BCUT2D eigenvalue weighted by Crippen LogP contribution is 2.21. The fourth-order valence-corrected chi connectivity index (χ4v) is 4.96. The van der Waals surface area contributed by atoms with Crippen LogP contribution < -0.4 is 26.8 Å².